The third kappa shape index (κ3) is 12.7. The predicted octanol–water partition coefficient (Wildman–Crippen LogP) is 4.62. The number of hydrogen-bond acceptors (Lipinski definition) is 13. The fraction of sp³-hybridized carbons (Fsp3) is 0.361. The van der Waals surface area contributed by atoms with Crippen molar-refractivity contribution in [3.05, 3.63) is 101 Å². The molecule has 2 N–H and O–H groups in total. The van der Waals surface area contributed by atoms with Crippen LogP contribution in [-0.4, -0.2) is 86.7 Å². The van der Waals surface area contributed by atoms with Crippen LogP contribution < -0.4 is 5.32 Å². The van der Waals surface area contributed by atoms with E-state index in [1.54, 1.807) is 25.2 Å². The summed E-state index contributed by atoms with van der Waals surface area (Å²) in [5.41, 5.74) is -1.71. The number of hydrogen-bond donors (Lipinski definition) is 2. The molecule has 0 radical (unpaired) electrons. The Morgan fingerprint density at radius 3 is 2.51 bits per heavy atom. The van der Waals surface area contributed by atoms with Crippen molar-refractivity contribution in [2.24, 2.45) is 0 Å². The first-order chi connectivity index (χ1) is 26.3. The lowest BCUT2D eigenvalue weighted by atomic mass is 9.89. The van der Waals surface area contributed by atoms with E-state index >= 15 is 4.39 Å². The Labute approximate surface area is 317 Å². The van der Waals surface area contributed by atoms with E-state index in [1.807, 2.05) is 6.07 Å². The first-order valence-corrected chi connectivity index (χ1v) is 17.5. The Morgan fingerprint density at radius 2 is 1.85 bits per heavy atom. The molecule has 19 heteroatoms. The minimum atomic E-state index is -1.96. The lowest BCUT2D eigenvalue weighted by Crippen LogP contribution is -2.47. The van der Waals surface area contributed by atoms with Crippen LogP contribution in [0.4, 0.5) is 18.0 Å². The molecule has 1 fully saturated rings. The van der Waals surface area contributed by atoms with Crippen molar-refractivity contribution < 1.29 is 61.1 Å². The number of benzene rings is 2. The third-order valence-electron chi connectivity index (χ3n) is 7.80. The van der Waals surface area contributed by atoms with E-state index in [4.69, 9.17) is 34.1 Å². The normalized spacial score (nSPS) is 17.8. The maximum atomic E-state index is 15.7. The van der Waals surface area contributed by atoms with Crippen LogP contribution in [-0.2, 0) is 50.2 Å². The van der Waals surface area contributed by atoms with Crippen LogP contribution in [0, 0.1) is 28.8 Å². The molecule has 292 valence electrons. The third-order valence-corrected chi connectivity index (χ3v) is 9.25. The van der Waals surface area contributed by atoms with Gasteiger partial charge in [-0.1, -0.05) is 24.3 Å². The second-order valence-electron chi connectivity index (χ2n) is 11.8. The summed E-state index contributed by atoms with van der Waals surface area (Å²) < 4.78 is 73.0. The number of carboxylic acids is 1. The molecule has 0 saturated carbocycles. The number of aliphatic carboxylic acids is 1. The molecule has 3 atom stereocenters. The second-order valence-corrected chi connectivity index (χ2v) is 13.5. The smallest absolute Gasteiger partial charge is 0.480 e. The summed E-state index contributed by atoms with van der Waals surface area (Å²) in [6, 6.07) is 8.72. The van der Waals surface area contributed by atoms with Crippen molar-refractivity contribution >= 4 is 41.8 Å². The molecular formula is C36H36F3N5O10S. The quantitative estimate of drug-likeness (QED) is 0.109. The van der Waals surface area contributed by atoms with Gasteiger partial charge in [-0.25, -0.2) is 27.6 Å². The Hall–Kier alpha value is -5.71. The van der Waals surface area contributed by atoms with E-state index < -0.39 is 89.5 Å². The molecular weight excluding hydrogens is 751 g/mol. The number of nitrogens with zero attached hydrogens (tertiary/aromatic N) is 4. The number of halogens is 3. The van der Waals surface area contributed by atoms with E-state index in [0.717, 1.165) is 18.2 Å². The number of ether oxygens (including phenoxy) is 5. The fourth-order valence-corrected chi connectivity index (χ4v) is 6.54. The number of nitrogens with one attached hydrogen (secondary N) is 1. The highest BCUT2D eigenvalue weighted by Crippen LogP contribution is 2.42. The van der Waals surface area contributed by atoms with Crippen molar-refractivity contribution in [1.82, 2.24) is 20.1 Å². The van der Waals surface area contributed by atoms with Gasteiger partial charge >= 0.3 is 18.1 Å². The van der Waals surface area contributed by atoms with Crippen LogP contribution >= 0.6 is 11.8 Å². The van der Waals surface area contributed by atoms with Gasteiger partial charge < -0.3 is 34.1 Å². The van der Waals surface area contributed by atoms with E-state index in [1.165, 1.54) is 54.2 Å². The monoisotopic (exact) mass is 787 g/mol. The molecule has 0 spiro atoms. The van der Waals surface area contributed by atoms with Gasteiger partial charge in [-0.3, -0.25) is 14.4 Å². The standard InChI is InChI=1S/C36H36F3N5O10S/c1-22(55-27-17-50-34(51-18-27)6-4-3-5-25-8-7-24(15-40)13-29(25)38)36(19-44-21-41-20-43-44,28-10-9-26(37)14-30(28)39)54-35(49)53-23(2)52-33(48)12-11-31(45)42-16-32(46)47/h3-10,13-14,20-23,27,34H,11-12,16-19H2,1-2H3,(H,42,45)(H,46,47). The number of allylic oxidation sites excluding steroid dienone is 2. The fourth-order valence-electron chi connectivity index (χ4n) is 5.18. The van der Waals surface area contributed by atoms with Gasteiger partial charge in [-0.05, 0) is 37.3 Å². The summed E-state index contributed by atoms with van der Waals surface area (Å²) in [4.78, 5) is 51.9. The van der Waals surface area contributed by atoms with Crippen molar-refractivity contribution in [3.8, 4) is 6.07 Å². The van der Waals surface area contributed by atoms with Crippen molar-refractivity contribution in [2.45, 2.75) is 61.9 Å². The molecule has 3 aromatic rings. The van der Waals surface area contributed by atoms with Crippen LogP contribution in [0.1, 0.15) is 43.4 Å². The Bertz CT molecular complexity index is 1920. The molecule has 1 aliphatic heterocycles. The highest BCUT2D eigenvalue weighted by Gasteiger charge is 2.47. The molecule has 1 amide bonds. The number of carbonyl (C=O) groups is 4. The molecule has 1 aliphatic rings. The first-order valence-electron chi connectivity index (χ1n) is 16.6. The second kappa shape index (κ2) is 20.1. The molecule has 15 nitrogen and oxygen atoms in total. The van der Waals surface area contributed by atoms with E-state index in [9.17, 15) is 28.0 Å². The van der Waals surface area contributed by atoms with Crippen LogP contribution in [0.5, 0.6) is 0 Å². The number of thioether (sulfide) groups is 1. The summed E-state index contributed by atoms with van der Waals surface area (Å²) in [7, 11) is 0. The number of amides is 1. The summed E-state index contributed by atoms with van der Waals surface area (Å²) in [5, 5.41) is 22.5. The van der Waals surface area contributed by atoms with Gasteiger partial charge in [0, 0.05) is 35.8 Å². The van der Waals surface area contributed by atoms with E-state index in [0.29, 0.717) is 6.07 Å². The summed E-state index contributed by atoms with van der Waals surface area (Å²) in [6.07, 6.45) is 4.25. The molecule has 2 heterocycles. The zero-order chi connectivity index (χ0) is 40.0. The molecule has 0 bridgehead atoms. The van der Waals surface area contributed by atoms with Gasteiger partial charge in [-0.15, -0.1) is 11.8 Å². The topological polar surface area (TPSA) is 201 Å². The highest BCUT2D eigenvalue weighted by molar-refractivity contribution is 8.00. The van der Waals surface area contributed by atoms with Gasteiger partial charge in [0.1, 0.15) is 36.7 Å². The number of carboxylic acid groups (broad SMARTS) is 1. The number of nitriles is 1. The van der Waals surface area contributed by atoms with Crippen molar-refractivity contribution in [2.75, 3.05) is 19.8 Å². The lowest BCUT2D eigenvalue weighted by Gasteiger charge is -2.40. The first kappa shape index (κ1) is 42.0. The van der Waals surface area contributed by atoms with Crippen molar-refractivity contribution in [1.29, 1.82) is 5.26 Å². The van der Waals surface area contributed by atoms with E-state index in [-0.39, 0.29) is 36.4 Å². The van der Waals surface area contributed by atoms with Gasteiger partial charge in [0.15, 0.2) is 11.9 Å². The Morgan fingerprint density at radius 1 is 1.09 bits per heavy atom. The number of esters is 1. The Kier molecular flexibility index (Phi) is 15.4. The SMILES string of the molecule is CC(OC(=O)CCC(=O)NCC(=O)O)OC(=O)OC(Cn1cncn1)(c1ccc(F)cc1F)C(C)SC1COC(C=CC=Cc2ccc(C#N)cc2F)OC1. The minimum Gasteiger partial charge on any atom is -0.480 e. The molecule has 0 aliphatic carbocycles. The molecule has 3 unspecified atom stereocenters. The molecule has 2 aromatic carbocycles. The maximum Gasteiger partial charge on any atom is 0.512 e. The molecule has 1 aromatic heterocycles. The van der Waals surface area contributed by atoms with Gasteiger partial charge in [0.25, 0.3) is 0 Å². The van der Waals surface area contributed by atoms with Crippen LogP contribution in [0.25, 0.3) is 6.08 Å². The number of rotatable bonds is 17. The Balaban J connectivity index is 1.45. The van der Waals surface area contributed by atoms with E-state index in [2.05, 4.69) is 15.4 Å². The molecule has 4 rings (SSSR count). The summed E-state index contributed by atoms with van der Waals surface area (Å²) >= 11 is 1.21. The van der Waals surface area contributed by atoms with Gasteiger partial charge in [0.05, 0.1) is 43.1 Å². The van der Waals surface area contributed by atoms with Crippen LogP contribution in [0.3, 0.4) is 0 Å². The highest BCUT2D eigenvalue weighted by atomic mass is 32.2. The average Bonchev–Trinajstić information content (AvgIpc) is 3.65. The minimum absolute atomic E-state index is 0.134. The maximum absolute atomic E-state index is 15.7. The zero-order valence-electron chi connectivity index (χ0n) is 29.4. The predicted molar refractivity (Wildman–Crippen MR) is 187 cm³/mol. The van der Waals surface area contributed by atoms with Crippen LogP contribution in [0.15, 0.2) is 67.3 Å². The number of aromatic nitrogens is 3. The lowest BCUT2D eigenvalue weighted by molar-refractivity contribution is -0.172. The van der Waals surface area contributed by atoms with Crippen molar-refractivity contribution in [3.63, 3.8) is 0 Å². The molecule has 55 heavy (non-hydrogen) atoms. The van der Waals surface area contributed by atoms with Crippen LogP contribution in [0.2, 0.25) is 0 Å². The zero-order valence-corrected chi connectivity index (χ0v) is 30.2. The summed E-state index contributed by atoms with van der Waals surface area (Å²) in [5.74, 6) is -5.42. The largest absolute Gasteiger partial charge is 0.512 e. The van der Waals surface area contributed by atoms with Gasteiger partial charge in [-0.2, -0.15) is 10.4 Å². The summed E-state index contributed by atoms with van der Waals surface area (Å²) in [6.45, 7) is 2.14. The number of carbonyl (C=O) groups excluding carboxylic acids is 3. The average molecular weight is 788 g/mol. The van der Waals surface area contributed by atoms with Gasteiger partial charge in [0.2, 0.25) is 12.2 Å². The molecule has 1 saturated heterocycles.